The smallest absolute Gasteiger partial charge is 0.490 e. The Labute approximate surface area is 224 Å². The molecule has 2 aromatic carbocycles. The number of benzene rings is 2. The third-order valence-electron chi connectivity index (χ3n) is 5.94. The number of hydrogen-bond acceptors (Lipinski definition) is 8. The van der Waals surface area contributed by atoms with E-state index in [1.165, 1.54) is 14.2 Å². The number of rotatable bonds is 14. The van der Waals surface area contributed by atoms with E-state index in [1.807, 2.05) is 13.8 Å². The van der Waals surface area contributed by atoms with E-state index in [-0.39, 0.29) is 48.0 Å². The fraction of sp³-hybridized carbons (Fsp3) is 0.571. The maximum absolute atomic E-state index is 12.6. The molecule has 0 heterocycles. The van der Waals surface area contributed by atoms with Crippen molar-refractivity contribution in [2.45, 2.75) is 66.2 Å². The molecule has 2 unspecified atom stereocenters. The Morgan fingerprint density at radius 2 is 1.22 bits per heavy atom. The van der Waals surface area contributed by atoms with Crippen molar-refractivity contribution < 1.29 is 38.0 Å². The summed E-state index contributed by atoms with van der Waals surface area (Å²) < 4.78 is 32.9. The van der Waals surface area contributed by atoms with Gasteiger partial charge in [-0.2, -0.15) is 0 Å². The van der Waals surface area contributed by atoms with Gasteiger partial charge in [-0.3, -0.25) is 0 Å². The fourth-order valence-electron chi connectivity index (χ4n) is 3.84. The van der Waals surface area contributed by atoms with Crippen LogP contribution in [0.2, 0.25) is 5.02 Å². The van der Waals surface area contributed by atoms with Gasteiger partial charge in [0, 0.05) is 15.8 Å². The van der Waals surface area contributed by atoms with Gasteiger partial charge < -0.3 is 28.4 Å². The SMILES string of the molecule is CCCCC(C)COC(=O)Oc1c(OC)c(OC)c(OC(=O)OCC(C)CCCC)c2cc(Cl)ccc12. The minimum atomic E-state index is -0.890. The van der Waals surface area contributed by atoms with E-state index in [0.29, 0.717) is 15.8 Å². The van der Waals surface area contributed by atoms with Crippen LogP contribution in [0.25, 0.3) is 10.8 Å². The Kier molecular flexibility index (Phi) is 12.6. The van der Waals surface area contributed by atoms with E-state index in [9.17, 15) is 9.59 Å². The molecule has 8 nitrogen and oxygen atoms in total. The first-order chi connectivity index (χ1) is 17.7. The van der Waals surface area contributed by atoms with Crippen molar-refractivity contribution in [3.05, 3.63) is 23.2 Å². The number of carbonyl (C=O) groups excluding carboxylic acids is 2. The van der Waals surface area contributed by atoms with Gasteiger partial charge in [-0.15, -0.1) is 0 Å². The molecule has 0 aliphatic rings. The maximum Gasteiger partial charge on any atom is 0.514 e. The van der Waals surface area contributed by atoms with Crippen LogP contribution in [0.4, 0.5) is 9.59 Å². The van der Waals surface area contributed by atoms with Crippen LogP contribution in [0, 0.1) is 11.8 Å². The molecule has 37 heavy (non-hydrogen) atoms. The zero-order valence-electron chi connectivity index (χ0n) is 22.7. The van der Waals surface area contributed by atoms with Crippen LogP contribution in [0.5, 0.6) is 23.0 Å². The third-order valence-corrected chi connectivity index (χ3v) is 6.18. The number of fused-ring (bicyclic) bond motifs is 1. The quantitative estimate of drug-likeness (QED) is 0.175. The second kappa shape index (κ2) is 15.4. The van der Waals surface area contributed by atoms with Gasteiger partial charge in [-0.1, -0.05) is 65.0 Å². The standard InChI is InChI=1S/C28H39ClO8/c1-7-9-11-18(3)16-34-27(30)36-23-21-14-13-20(29)15-22(21)24(26(33-6)25(23)32-5)37-28(31)35-17-19(4)12-10-8-2/h13-15,18-19H,7-12,16-17H2,1-6H3. The molecule has 2 atom stereocenters. The Morgan fingerprint density at radius 3 is 1.65 bits per heavy atom. The molecule has 0 spiro atoms. The molecule has 0 aromatic heterocycles. The first-order valence-electron chi connectivity index (χ1n) is 12.8. The first-order valence-corrected chi connectivity index (χ1v) is 13.2. The van der Waals surface area contributed by atoms with Gasteiger partial charge >= 0.3 is 12.3 Å². The molecule has 0 aliphatic carbocycles. The van der Waals surface area contributed by atoms with Gasteiger partial charge in [-0.25, -0.2) is 9.59 Å². The summed E-state index contributed by atoms with van der Waals surface area (Å²) in [5.41, 5.74) is 0. The lowest BCUT2D eigenvalue weighted by molar-refractivity contribution is 0.0817. The summed E-state index contributed by atoms with van der Waals surface area (Å²) in [5.74, 6) is 0.607. The van der Waals surface area contributed by atoms with Crippen molar-refractivity contribution in [2.75, 3.05) is 27.4 Å². The highest BCUT2D eigenvalue weighted by atomic mass is 35.5. The lowest BCUT2D eigenvalue weighted by Crippen LogP contribution is -2.17. The van der Waals surface area contributed by atoms with Crippen LogP contribution in [0.15, 0.2) is 18.2 Å². The third kappa shape index (κ3) is 8.88. The summed E-state index contributed by atoms with van der Waals surface area (Å²) >= 11 is 6.26. The minimum Gasteiger partial charge on any atom is -0.490 e. The number of carbonyl (C=O) groups is 2. The normalized spacial score (nSPS) is 12.5. The van der Waals surface area contributed by atoms with Crippen LogP contribution >= 0.6 is 11.6 Å². The molecule has 0 aliphatic heterocycles. The molecule has 0 amide bonds. The minimum absolute atomic E-state index is 0.0389. The van der Waals surface area contributed by atoms with E-state index in [1.54, 1.807) is 18.2 Å². The summed E-state index contributed by atoms with van der Waals surface area (Å²) in [6.07, 6.45) is 4.36. The summed E-state index contributed by atoms with van der Waals surface area (Å²) in [5, 5.41) is 1.17. The highest BCUT2D eigenvalue weighted by Gasteiger charge is 2.28. The zero-order valence-corrected chi connectivity index (χ0v) is 23.4. The number of hydrogen-bond donors (Lipinski definition) is 0. The molecule has 0 radical (unpaired) electrons. The lowest BCUT2D eigenvalue weighted by Gasteiger charge is -2.20. The summed E-state index contributed by atoms with van der Waals surface area (Å²) in [6.45, 7) is 8.70. The van der Waals surface area contributed by atoms with Crippen molar-refractivity contribution in [3.8, 4) is 23.0 Å². The molecule has 0 fully saturated rings. The number of unbranched alkanes of at least 4 members (excludes halogenated alkanes) is 2. The average molecular weight is 539 g/mol. The Morgan fingerprint density at radius 1 is 0.757 bits per heavy atom. The Balaban J connectivity index is 2.36. The monoisotopic (exact) mass is 538 g/mol. The van der Waals surface area contributed by atoms with Crippen molar-refractivity contribution >= 4 is 34.7 Å². The molecule has 9 heteroatoms. The summed E-state index contributed by atoms with van der Waals surface area (Å²) in [4.78, 5) is 25.2. The van der Waals surface area contributed by atoms with E-state index in [0.717, 1.165) is 38.5 Å². The molecule has 0 saturated carbocycles. The predicted molar refractivity (Wildman–Crippen MR) is 143 cm³/mol. The second-order valence-electron chi connectivity index (χ2n) is 9.24. The van der Waals surface area contributed by atoms with E-state index < -0.39 is 12.3 Å². The second-order valence-corrected chi connectivity index (χ2v) is 9.67. The van der Waals surface area contributed by atoms with Crippen LogP contribution in [0.3, 0.4) is 0 Å². The first kappa shape index (κ1) is 30.4. The zero-order chi connectivity index (χ0) is 27.4. The summed E-state index contributed by atoms with van der Waals surface area (Å²) in [6, 6.07) is 4.84. The molecule has 206 valence electrons. The molecule has 2 aromatic rings. The molecule has 0 N–H and O–H groups in total. The molecule has 0 saturated heterocycles. The van der Waals surface area contributed by atoms with Crippen LogP contribution in [-0.2, 0) is 9.47 Å². The van der Waals surface area contributed by atoms with Gasteiger partial charge in [0.1, 0.15) is 0 Å². The van der Waals surface area contributed by atoms with Crippen LogP contribution in [0.1, 0.15) is 66.2 Å². The maximum atomic E-state index is 12.6. The van der Waals surface area contributed by atoms with Crippen molar-refractivity contribution in [1.82, 2.24) is 0 Å². The Hall–Kier alpha value is -2.87. The highest BCUT2D eigenvalue weighted by Crippen LogP contribution is 2.51. The van der Waals surface area contributed by atoms with Crippen molar-refractivity contribution in [3.63, 3.8) is 0 Å². The van der Waals surface area contributed by atoms with E-state index >= 15 is 0 Å². The number of halogens is 1. The number of methoxy groups -OCH3 is 2. The topological polar surface area (TPSA) is 89.5 Å². The summed E-state index contributed by atoms with van der Waals surface area (Å²) in [7, 11) is 2.78. The predicted octanol–water partition coefficient (Wildman–Crippen LogP) is 8.19. The van der Waals surface area contributed by atoms with Crippen molar-refractivity contribution in [1.29, 1.82) is 0 Å². The van der Waals surface area contributed by atoms with Crippen molar-refractivity contribution in [2.24, 2.45) is 11.8 Å². The largest absolute Gasteiger partial charge is 0.514 e. The van der Waals surface area contributed by atoms with Crippen LogP contribution in [-0.4, -0.2) is 39.7 Å². The van der Waals surface area contributed by atoms with Crippen LogP contribution < -0.4 is 18.9 Å². The van der Waals surface area contributed by atoms with E-state index in [4.69, 9.17) is 40.0 Å². The molecule has 0 bridgehead atoms. The average Bonchev–Trinajstić information content (AvgIpc) is 2.89. The molecular formula is C28H39ClO8. The van der Waals surface area contributed by atoms with Gasteiger partial charge in [0.05, 0.1) is 27.4 Å². The van der Waals surface area contributed by atoms with E-state index in [2.05, 4.69) is 13.8 Å². The van der Waals surface area contributed by atoms with Gasteiger partial charge in [0.25, 0.3) is 0 Å². The Bertz CT molecular complexity index is 1040. The molecule has 2 rings (SSSR count). The van der Waals surface area contributed by atoms with Gasteiger partial charge in [-0.05, 0) is 42.9 Å². The van der Waals surface area contributed by atoms with Gasteiger partial charge in [0.2, 0.25) is 11.5 Å². The molecular weight excluding hydrogens is 500 g/mol. The van der Waals surface area contributed by atoms with Gasteiger partial charge in [0.15, 0.2) is 11.5 Å². The lowest BCUT2D eigenvalue weighted by atomic mass is 10.1. The number of ether oxygens (including phenoxy) is 6. The highest BCUT2D eigenvalue weighted by molar-refractivity contribution is 6.31. The fourth-order valence-corrected chi connectivity index (χ4v) is 4.02.